The molecule has 7 aromatic carbocycles. The summed E-state index contributed by atoms with van der Waals surface area (Å²) in [7, 11) is 0. The van der Waals surface area contributed by atoms with Gasteiger partial charge in [-0.1, -0.05) is 140 Å². The Hall–Kier alpha value is -7.28. The van der Waals surface area contributed by atoms with Crippen molar-refractivity contribution in [3.05, 3.63) is 188 Å². The highest BCUT2D eigenvalue weighted by atomic mass is 32.1. The zero-order valence-corrected chi connectivity index (χ0v) is 30.9. The molecule has 0 bridgehead atoms. The minimum atomic E-state index is 0.573. The van der Waals surface area contributed by atoms with Gasteiger partial charge in [-0.3, -0.25) is 4.98 Å². The molecular formula is C50H31N5S. The van der Waals surface area contributed by atoms with Crippen LogP contribution in [-0.2, 0) is 0 Å². The van der Waals surface area contributed by atoms with Crippen molar-refractivity contribution in [2.45, 2.75) is 0 Å². The van der Waals surface area contributed by atoms with Crippen LogP contribution < -0.4 is 0 Å². The number of aromatic nitrogens is 5. The second-order valence-electron chi connectivity index (χ2n) is 13.9. The number of para-hydroxylation sites is 2. The molecule has 0 N–H and O–H groups in total. The van der Waals surface area contributed by atoms with E-state index in [-0.39, 0.29) is 0 Å². The maximum absolute atomic E-state index is 5.21. The molecule has 0 radical (unpaired) electrons. The van der Waals surface area contributed by atoms with Crippen molar-refractivity contribution in [2.24, 2.45) is 0 Å². The molecule has 0 saturated carbocycles. The summed E-state index contributed by atoms with van der Waals surface area (Å²) in [5.74, 6) is 1.80. The fourth-order valence-corrected chi connectivity index (χ4v) is 9.11. The van der Waals surface area contributed by atoms with E-state index in [0.29, 0.717) is 17.5 Å². The first-order valence-corrected chi connectivity index (χ1v) is 19.5. The SMILES string of the molecule is c1ccc(-c2cnc(-c3ccc4sc5c(ccc6c5c5ccccc5n6-c5ccccc5)c4c3)c(-c3nc(-c4ccccc4)nc(-c4ccccc4)n3)c2)cc1. The van der Waals surface area contributed by atoms with Gasteiger partial charge in [0.25, 0.3) is 0 Å². The van der Waals surface area contributed by atoms with Crippen molar-refractivity contribution in [1.29, 1.82) is 0 Å². The summed E-state index contributed by atoms with van der Waals surface area (Å²) in [5, 5.41) is 4.97. The van der Waals surface area contributed by atoms with Crippen molar-refractivity contribution in [1.82, 2.24) is 24.5 Å². The van der Waals surface area contributed by atoms with Crippen LogP contribution in [0.1, 0.15) is 0 Å². The number of nitrogens with zero attached hydrogens (tertiary/aromatic N) is 5. The average molecular weight is 734 g/mol. The molecule has 4 heterocycles. The summed E-state index contributed by atoms with van der Waals surface area (Å²) in [4.78, 5) is 20.5. The lowest BCUT2D eigenvalue weighted by Crippen LogP contribution is -2.02. The van der Waals surface area contributed by atoms with Crippen molar-refractivity contribution in [2.75, 3.05) is 0 Å². The van der Waals surface area contributed by atoms with E-state index in [1.807, 2.05) is 84.3 Å². The molecule has 0 fully saturated rings. The zero-order chi connectivity index (χ0) is 37.0. The van der Waals surface area contributed by atoms with Gasteiger partial charge in [-0.05, 0) is 48.0 Å². The lowest BCUT2D eigenvalue weighted by atomic mass is 9.98. The van der Waals surface area contributed by atoms with E-state index in [4.69, 9.17) is 19.9 Å². The Bertz CT molecular complexity index is 3170. The highest BCUT2D eigenvalue weighted by molar-refractivity contribution is 7.26. The maximum Gasteiger partial charge on any atom is 0.166 e. The summed E-state index contributed by atoms with van der Waals surface area (Å²) in [6, 6.07) is 63.4. The van der Waals surface area contributed by atoms with E-state index in [2.05, 4.69) is 120 Å². The number of benzene rings is 7. The summed E-state index contributed by atoms with van der Waals surface area (Å²) in [6.45, 7) is 0. The molecule has 0 atom stereocenters. The molecule has 0 unspecified atom stereocenters. The van der Waals surface area contributed by atoms with Crippen molar-refractivity contribution < 1.29 is 0 Å². The average Bonchev–Trinajstić information content (AvgIpc) is 3.83. The molecule has 0 aliphatic carbocycles. The monoisotopic (exact) mass is 733 g/mol. The summed E-state index contributed by atoms with van der Waals surface area (Å²) >= 11 is 1.85. The molecule has 0 aliphatic rings. The lowest BCUT2D eigenvalue weighted by Gasteiger charge is -2.13. The van der Waals surface area contributed by atoms with Gasteiger partial charge in [0.15, 0.2) is 17.5 Å². The molecule has 56 heavy (non-hydrogen) atoms. The van der Waals surface area contributed by atoms with Crippen LogP contribution in [-0.4, -0.2) is 24.5 Å². The third-order valence-electron chi connectivity index (χ3n) is 10.5. The van der Waals surface area contributed by atoms with Gasteiger partial charge < -0.3 is 4.57 Å². The van der Waals surface area contributed by atoms with E-state index in [1.54, 1.807) is 0 Å². The van der Waals surface area contributed by atoms with Crippen LogP contribution in [0, 0.1) is 0 Å². The standard InChI is InChI=1S/C50H31N5S/c1-5-15-32(16-6-1)36-30-41(50-53-48(33-17-7-2-8-18-33)52-49(54-50)34-19-9-3-10-20-34)46(51-31-36)35-25-28-44-40(29-35)38-26-27-43-45(47(38)56-44)39-23-13-14-24-42(39)55(43)37-21-11-4-12-22-37/h1-31H. The summed E-state index contributed by atoms with van der Waals surface area (Å²) in [5.41, 5.74) is 10.1. The summed E-state index contributed by atoms with van der Waals surface area (Å²) in [6.07, 6.45) is 1.96. The minimum Gasteiger partial charge on any atom is -0.309 e. The van der Waals surface area contributed by atoms with Gasteiger partial charge >= 0.3 is 0 Å². The number of thiophene rings is 1. The summed E-state index contributed by atoms with van der Waals surface area (Å²) < 4.78 is 4.89. The highest BCUT2D eigenvalue weighted by Gasteiger charge is 2.21. The van der Waals surface area contributed by atoms with Crippen LogP contribution in [0.25, 0.3) is 104 Å². The fourth-order valence-electron chi connectivity index (χ4n) is 7.87. The van der Waals surface area contributed by atoms with Crippen LogP contribution in [0.2, 0.25) is 0 Å². The first kappa shape index (κ1) is 32.2. The topological polar surface area (TPSA) is 56.5 Å². The van der Waals surface area contributed by atoms with Gasteiger partial charge in [-0.15, -0.1) is 11.3 Å². The molecule has 6 heteroatoms. The predicted octanol–water partition coefficient (Wildman–Crippen LogP) is 13.1. The van der Waals surface area contributed by atoms with Crippen LogP contribution in [0.3, 0.4) is 0 Å². The zero-order valence-electron chi connectivity index (χ0n) is 30.0. The van der Waals surface area contributed by atoms with E-state index in [0.717, 1.165) is 44.8 Å². The predicted molar refractivity (Wildman–Crippen MR) is 232 cm³/mol. The molecule has 11 aromatic rings. The number of rotatable bonds is 6. The molecule has 0 aliphatic heterocycles. The van der Waals surface area contributed by atoms with Crippen LogP contribution >= 0.6 is 11.3 Å². The molecular weight excluding hydrogens is 703 g/mol. The third-order valence-corrected chi connectivity index (χ3v) is 11.7. The molecule has 0 amide bonds. The largest absolute Gasteiger partial charge is 0.309 e. The Balaban J connectivity index is 1.14. The van der Waals surface area contributed by atoms with Crippen molar-refractivity contribution >= 4 is 53.3 Å². The van der Waals surface area contributed by atoms with Crippen LogP contribution in [0.5, 0.6) is 0 Å². The maximum atomic E-state index is 5.21. The Morgan fingerprint density at radius 2 is 1.02 bits per heavy atom. The molecule has 0 saturated heterocycles. The van der Waals surface area contributed by atoms with Crippen molar-refractivity contribution in [3.8, 4) is 62.2 Å². The van der Waals surface area contributed by atoms with E-state index in [9.17, 15) is 0 Å². The van der Waals surface area contributed by atoms with Gasteiger partial charge in [-0.25, -0.2) is 15.0 Å². The number of pyridine rings is 1. The molecule has 4 aromatic heterocycles. The molecule has 5 nitrogen and oxygen atoms in total. The second-order valence-corrected chi connectivity index (χ2v) is 14.9. The van der Waals surface area contributed by atoms with Gasteiger partial charge in [0, 0.05) is 70.6 Å². The van der Waals surface area contributed by atoms with Gasteiger partial charge in [0.1, 0.15) is 0 Å². The quantitative estimate of drug-likeness (QED) is 0.171. The lowest BCUT2D eigenvalue weighted by molar-refractivity contribution is 1.07. The van der Waals surface area contributed by atoms with E-state index >= 15 is 0 Å². The third kappa shape index (κ3) is 5.38. The number of hydrogen-bond donors (Lipinski definition) is 0. The van der Waals surface area contributed by atoms with Gasteiger partial charge in [0.2, 0.25) is 0 Å². The molecule has 262 valence electrons. The van der Waals surface area contributed by atoms with E-state index in [1.165, 1.54) is 42.0 Å². The number of hydrogen-bond acceptors (Lipinski definition) is 5. The van der Waals surface area contributed by atoms with Gasteiger partial charge in [-0.2, -0.15) is 0 Å². The Morgan fingerprint density at radius 1 is 0.411 bits per heavy atom. The Labute approximate surface area is 326 Å². The van der Waals surface area contributed by atoms with Gasteiger partial charge in [0.05, 0.1) is 16.7 Å². The van der Waals surface area contributed by atoms with Crippen LogP contribution in [0.4, 0.5) is 0 Å². The first-order valence-electron chi connectivity index (χ1n) is 18.6. The highest BCUT2D eigenvalue weighted by Crippen LogP contribution is 2.45. The molecule has 0 spiro atoms. The Morgan fingerprint density at radius 3 is 1.71 bits per heavy atom. The normalized spacial score (nSPS) is 11.6. The Kier molecular flexibility index (Phi) is 7.60. The van der Waals surface area contributed by atoms with E-state index < -0.39 is 0 Å². The first-order chi connectivity index (χ1) is 27.8. The second kappa shape index (κ2) is 13.2. The minimum absolute atomic E-state index is 0.573. The molecule has 11 rings (SSSR count). The fraction of sp³-hybridized carbons (Fsp3) is 0. The smallest absolute Gasteiger partial charge is 0.166 e. The van der Waals surface area contributed by atoms with Crippen molar-refractivity contribution in [3.63, 3.8) is 0 Å². The number of fused-ring (bicyclic) bond motifs is 7. The van der Waals surface area contributed by atoms with Crippen LogP contribution in [0.15, 0.2) is 188 Å².